The standard InChI is InChI=1S/C10H12BO6/c12-5-7-2-1-6-3-4-11(15,16)17-9(6)8(7)10(13)14/h1-2,12,15-16H,3-5H2,(H,13,14)/q-1. The van der Waals surface area contributed by atoms with E-state index in [1.54, 1.807) is 6.07 Å². The number of hydrogen-bond donors (Lipinski definition) is 4. The molecule has 0 aliphatic carbocycles. The Kier molecular flexibility index (Phi) is 2.82. The van der Waals surface area contributed by atoms with E-state index >= 15 is 0 Å². The van der Waals surface area contributed by atoms with E-state index in [1.807, 2.05) is 0 Å². The largest absolute Gasteiger partial charge is 0.669 e. The Hall–Kier alpha value is -1.57. The summed E-state index contributed by atoms with van der Waals surface area (Å²) in [7, 11) is 0. The summed E-state index contributed by atoms with van der Waals surface area (Å²) in [6.07, 6.45) is 0.360. The number of rotatable bonds is 2. The Morgan fingerprint density at radius 2 is 2.12 bits per heavy atom. The number of fused-ring (bicyclic) bond motifs is 1. The van der Waals surface area contributed by atoms with Crippen molar-refractivity contribution in [1.29, 1.82) is 0 Å². The molecule has 1 aliphatic rings. The zero-order valence-electron chi connectivity index (χ0n) is 8.96. The van der Waals surface area contributed by atoms with Gasteiger partial charge in [-0.1, -0.05) is 18.5 Å². The van der Waals surface area contributed by atoms with Gasteiger partial charge in [-0.3, -0.25) is 0 Å². The molecule has 17 heavy (non-hydrogen) atoms. The highest BCUT2D eigenvalue weighted by molar-refractivity contribution is 6.59. The van der Waals surface area contributed by atoms with Crippen LogP contribution in [0, 0.1) is 0 Å². The van der Waals surface area contributed by atoms with Gasteiger partial charge < -0.3 is 24.9 Å². The smallest absolute Gasteiger partial charge is 0.430 e. The van der Waals surface area contributed by atoms with E-state index in [2.05, 4.69) is 0 Å². The van der Waals surface area contributed by atoms with Crippen LogP contribution in [0.4, 0.5) is 0 Å². The van der Waals surface area contributed by atoms with Gasteiger partial charge in [0.05, 0.1) is 12.4 Å². The van der Waals surface area contributed by atoms with Gasteiger partial charge in [0.15, 0.2) is 0 Å². The minimum absolute atomic E-state index is 0.0323. The zero-order chi connectivity index (χ0) is 12.6. The van der Waals surface area contributed by atoms with Crippen LogP contribution in [0.1, 0.15) is 21.5 Å². The highest BCUT2D eigenvalue weighted by atomic mass is 16.6. The van der Waals surface area contributed by atoms with Crippen LogP contribution in [0.3, 0.4) is 0 Å². The lowest BCUT2D eigenvalue weighted by Gasteiger charge is -2.37. The van der Waals surface area contributed by atoms with Gasteiger partial charge in [0, 0.05) is 0 Å². The van der Waals surface area contributed by atoms with Gasteiger partial charge in [0.25, 0.3) is 0 Å². The van der Waals surface area contributed by atoms with E-state index in [-0.39, 0.29) is 23.2 Å². The first-order valence-corrected chi connectivity index (χ1v) is 5.23. The molecule has 0 spiro atoms. The molecule has 0 aromatic heterocycles. The Balaban J connectivity index is 2.59. The molecule has 0 fully saturated rings. The number of aliphatic hydroxyl groups is 1. The van der Waals surface area contributed by atoms with Crippen LogP contribution in [0.5, 0.6) is 5.75 Å². The van der Waals surface area contributed by atoms with Crippen molar-refractivity contribution in [2.75, 3.05) is 0 Å². The fraction of sp³-hybridized carbons (Fsp3) is 0.300. The second-order valence-corrected chi connectivity index (χ2v) is 4.07. The summed E-state index contributed by atoms with van der Waals surface area (Å²) in [6.45, 7) is -3.45. The lowest BCUT2D eigenvalue weighted by atomic mass is 9.70. The lowest BCUT2D eigenvalue weighted by Crippen LogP contribution is -2.45. The summed E-state index contributed by atoms with van der Waals surface area (Å²) >= 11 is 0. The van der Waals surface area contributed by atoms with Crippen molar-refractivity contribution in [2.45, 2.75) is 19.3 Å². The predicted octanol–water partition coefficient (Wildman–Crippen LogP) is -0.264. The predicted molar refractivity (Wildman–Crippen MR) is 58.7 cm³/mol. The molecule has 1 aromatic rings. The average molecular weight is 239 g/mol. The third-order valence-electron chi connectivity index (χ3n) is 2.81. The van der Waals surface area contributed by atoms with E-state index in [4.69, 9.17) is 14.9 Å². The molecule has 0 unspecified atom stereocenters. The van der Waals surface area contributed by atoms with Gasteiger partial charge in [-0.15, -0.1) is 0 Å². The monoisotopic (exact) mass is 239 g/mol. The number of aromatic carboxylic acids is 1. The summed E-state index contributed by atoms with van der Waals surface area (Å²) in [6, 6.07) is 3.12. The number of hydrogen-bond acceptors (Lipinski definition) is 5. The van der Waals surface area contributed by atoms with Crippen molar-refractivity contribution in [3.8, 4) is 5.75 Å². The molecule has 0 bridgehead atoms. The van der Waals surface area contributed by atoms with Crippen LogP contribution in [-0.2, 0) is 13.0 Å². The normalized spacial score (nSPS) is 17.1. The summed E-state index contributed by atoms with van der Waals surface area (Å²) in [5.74, 6) is -1.32. The first-order valence-electron chi connectivity index (χ1n) is 5.23. The Bertz CT molecular complexity index is 470. The molecule has 0 amide bonds. The van der Waals surface area contributed by atoms with E-state index in [0.717, 1.165) is 0 Å². The molecule has 6 nitrogen and oxygen atoms in total. The number of carboxylic acid groups (broad SMARTS) is 1. The van der Waals surface area contributed by atoms with Crippen LogP contribution < -0.4 is 4.65 Å². The van der Waals surface area contributed by atoms with Gasteiger partial charge in [-0.2, -0.15) is 0 Å². The Labute approximate surface area is 97.1 Å². The molecular weight excluding hydrogens is 227 g/mol. The van der Waals surface area contributed by atoms with Crippen LogP contribution in [0.2, 0.25) is 6.32 Å². The number of benzene rings is 1. The second-order valence-electron chi connectivity index (χ2n) is 4.07. The third kappa shape index (κ3) is 2.12. The first kappa shape index (κ1) is 11.9. The molecule has 0 radical (unpaired) electrons. The van der Waals surface area contributed by atoms with Crippen LogP contribution in [0.15, 0.2) is 12.1 Å². The molecule has 1 aromatic carbocycles. The highest BCUT2D eigenvalue weighted by Gasteiger charge is 2.31. The minimum Gasteiger partial charge on any atom is -0.669 e. The molecule has 0 saturated heterocycles. The van der Waals surface area contributed by atoms with Gasteiger partial charge in [-0.25, -0.2) is 4.79 Å². The number of carboxylic acids is 1. The van der Waals surface area contributed by atoms with Gasteiger partial charge in [0.2, 0.25) is 0 Å². The van der Waals surface area contributed by atoms with Crippen LogP contribution >= 0.6 is 0 Å². The fourth-order valence-corrected chi connectivity index (χ4v) is 1.96. The van der Waals surface area contributed by atoms with Crippen molar-refractivity contribution in [3.63, 3.8) is 0 Å². The number of aliphatic hydroxyl groups excluding tert-OH is 1. The maximum atomic E-state index is 11.1. The number of aryl methyl sites for hydroxylation is 1. The van der Waals surface area contributed by atoms with E-state index in [1.165, 1.54) is 6.07 Å². The average Bonchev–Trinajstić information content (AvgIpc) is 2.25. The van der Waals surface area contributed by atoms with Gasteiger partial charge in [0.1, 0.15) is 5.56 Å². The van der Waals surface area contributed by atoms with Gasteiger partial charge in [-0.05, 0) is 17.5 Å². The van der Waals surface area contributed by atoms with Gasteiger partial charge >= 0.3 is 12.7 Å². The Morgan fingerprint density at radius 1 is 1.41 bits per heavy atom. The summed E-state index contributed by atoms with van der Waals surface area (Å²) in [4.78, 5) is 11.1. The van der Waals surface area contributed by atoms with Crippen molar-refractivity contribution in [2.24, 2.45) is 0 Å². The molecular formula is C10H12BO6-. The summed E-state index contributed by atoms with van der Waals surface area (Å²) in [5, 5.41) is 37.0. The minimum atomic E-state index is -3.01. The fourth-order valence-electron chi connectivity index (χ4n) is 1.96. The summed E-state index contributed by atoms with van der Waals surface area (Å²) < 4.78 is 4.94. The van der Waals surface area contributed by atoms with Crippen molar-refractivity contribution in [1.82, 2.24) is 0 Å². The molecule has 1 aliphatic heterocycles. The highest BCUT2D eigenvalue weighted by Crippen LogP contribution is 2.34. The molecule has 92 valence electrons. The van der Waals surface area contributed by atoms with E-state index in [0.29, 0.717) is 12.0 Å². The molecule has 0 saturated carbocycles. The number of carbonyl (C=O) groups is 1. The third-order valence-corrected chi connectivity index (χ3v) is 2.81. The second kappa shape index (κ2) is 4.03. The molecule has 4 N–H and O–H groups in total. The quantitative estimate of drug-likeness (QED) is 0.529. The molecule has 0 atom stereocenters. The molecule has 1 heterocycles. The topological polar surface area (TPSA) is 107 Å². The summed E-state index contributed by atoms with van der Waals surface area (Å²) in [5.41, 5.74) is 0.573. The first-order chi connectivity index (χ1) is 7.94. The molecule has 2 rings (SSSR count). The lowest BCUT2D eigenvalue weighted by molar-refractivity contribution is 0.0689. The maximum absolute atomic E-state index is 11.1. The van der Waals surface area contributed by atoms with Crippen molar-refractivity contribution >= 4 is 12.7 Å². The zero-order valence-corrected chi connectivity index (χ0v) is 8.96. The Morgan fingerprint density at radius 3 is 2.71 bits per heavy atom. The van der Waals surface area contributed by atoms with E-state index in [9.17, 15) is 14.8 Å². The van der Waals surface area contributed by atoms with Crippen molar-refractivity contribution in [3.05, 3.63) is 28.8 Å². The maximum Gasteiger partial charge on any atom is 0.430 e. The van der Waals surface area contributed by atoms with Crippen molar-refractivity contribution < 1.29 is 29.7 Å². The SMILES string of the molecule is O=C(O)c1c(CO)ccc2c1O[B-](O)(O)CC2. The van der Waals surface area contributed by atoms with E-state index < -0.39 is 19.3 Å². The molecule has 7 heteroatoms. The van der Waals surface area contributed by atoms with Crippen LogP contribution in [0.25, 0.3) is 0 Å². The van der Waals surface area contributed by atoms with Crippen LogP contribution in [-0.4, -0.2) is 33.0 Å².